The molecule has 0 saturated heterocycles. The van der Waals surface area contributed by atoms with Gasteiger partial charge in [0.15, 0.2) is 11.5 Å². The van der Waals surface area contributed by atoms with Crippen LogP contribution in [0.5, 0.6) is 11.5 Å². The van der Waals surface area contributed by atoms with E-state index in [1.165, 1.54) is 0 Å². The van der Waals surface area contributed by atoms with E-state index in [-0.39, 0.29) is 11.3 Å². The molecular formula is C32H38N2O6. The van der Waals surface area contributed by atoms with Crippen molar-refractivity contribution in [2.75, 3.05) is 39.4 Å². The molecule has 4 rings (SSSR count). The molecule has 3 aromatic rings. The number of aryl methyl sites for hydroxylation is 2. The highest BCUT2D eigenvalue weighted by Crippen LogP contribution is 2.39. The average molecular weight is 547 g/mol. The molecule has 1 aliphatic heterocycles. The van der Waals surface area contributed by atoms with Crippen molar-refractivity contribution >= 4 is 11.7 Å². The number of carbonyl (C=O) groups excluding carboxylic acids is 2. The van der Waals surface area contributed by atoms with Crippen LogP contribution < -0.4 is 9.47 Å². The highest BCUT2D eigenvalue weighted by molar-refractivity contribution is 6.15. The minimum absolute atomic E-state index is 0.0301. The number of para-hydroxylation sites is 1. The third kappa shape index (κ3) is 6.57. The zero-order valence-corrected chi connectivity index (χ0v) is 23.7. The van der Waals surface area contributed by atoms with Crippen LogP contribution in [0.4, 0.5) is 0 Å². The second-order valence-electron chi connectivity index (χ2n) is 9.81. The summed E-state index contributed by atoms with van der Waals surface area (Å²) in [4.78, 5) is 30.5. The van der Waals surface area contributed by atoms with Crippen molar-refractivity contribution in [3.8, 4) is 11.5 Å². The Balaban J connectivity index is 1.50. The molecule has 1 aliphatic rings. The number of rotatable bonds is 14. The van der Waals surface area contributed by atoms with Crippen LogP contribution in [0.15, 0.2) is 76.4 Å². The summed E-state index contributed by atoms with van der Waals surface area (Å²) in [6, 6.07) is 17.6. The van der Waals surface area contributed by atoms with Gasteiger partial charge in [-0.15, -0.1) is 0 Å². The van der Waals surface area contributed by atoms with Gasteiger partial charge < -0.3 is 28.8 Å². The smallest absolute Gasteiger partial charge is 0.290 e. The van der Waals surface area contributed by atoms with Crippen LogP contribution in [0, 0.1) is 13.8 Å². The number of hydrogen-bond acceptors (Lipinski definition) is 7. The molecule has 0 aliphatic carbocycles. The lowest BCUT2D eigenvalue weighted by molar-refractivity contribution is -0.129. The molecule has 0 spiro atoms. The number of benzene rings is 2. The van der Waals surface area contributed by atoms with Crippen LogP contribution in [-0.4, -0.2) is 66.0 Å². The van der Waals surface area contributed by atoms with E-state index in [1.54, 1.807) is 36.1 Å². The molecule has 0 saturated carbocycles. The number of Topliss-reactive ketones (excluding diaryl/α,β-unsaturated/α-hetero) is 1. The van der Waals surface area contributed by atoms with Crippen molar-refractivity contribution in [1.29, 1.82) is 0 Å². The van der Waals surface area contributed by atoms with Crippen LogP contribution in [0.25, 0.3) is 0 Å². The number of furan rings is 1. The Morgan fingerprint density at radius 1 is 0.975 bits per heavy atom. The number of nitrogens with zero attached hydrogens (tertiary/aromatic N) is 2. The highest BCUT2D eigenvalue weighted by Gasteiger charge is 2.44. The van der Waals surface area contributed by atoms with Crippen LogP contribution in [-0.2, 0) is 4.79 Å². The Kier molecular flexibility index (Phi) is 9.66. The van der Waals surface area contributed by atoms with E-state index in [9.17, 15) is 14.7 Å². The first-order valence-corrected chi connectivity index (χ1v) is 13.8. The molecule has 0 unspecified atom stereocenters. The summed E-state index contributed by atoms with van der Waals surface area (Å²) in [6.45, 7) is 11.7. The predicted molar refractivity (Wildman–Crippen MR) is 153 cm³/mol. The summed E-state index contributed by atoms with van der Waals surface area (Å²) >= 11 is 0. The van der Waals surface area contributed by atoms with Crippen molar-refractivity contribution in [1.82, 2.24) is 9.80 Å². The zero-order valence-electron chi connectivity index (χ0n) is 23.7. The Morgan fingerprint density at radius 3 is 2.33 bits per heavy atom. The summed E-state index contributed by atoms with van der Waals surface area (Å²) < 4.78 is 17.2. The number of amides is 1. The molecule has 40 heavy (non-hydrogen) atoms. The van der Waals surface area contributed by atoms with E-state index < -0.39 is 23.5 Å². The zero-order chi connectivity index (χ0) is 28.6. The van der Waals surface area contributed by atoms with Gasteiger partial charge in [-0.2, -0.15) is 0 Å². The minimum Gasteiger partial charge on any atom is -0.503 e. The number of ketones is 1. The number of aliphatic hydroxyl groups is 1. The van der Waals surface area contributed by atoms with E-state index in [2.05, 4.69) is 18.7 Å². The standard InChI is InChI=1S/C32H38N2O6/c1-5-33(6-2)18-9-19-34-29(28(31(36)32(34)37)30(35)27-17-12-23(4)40-27)24-13-15-25(16-14-24)38-20-21-39-26-11-8-7-10-22(26)3/h7-8,10-17,29,36H,5-6,9,18-21H2,1-4H3/t29-/m1/s1. The molecule has 8 heteroatoms. The largest absolute Gasteiger partial charge is 0.503 e. The van der Waals surface area contributed by atoms with Gasteiger partial charge in [-0.3, -0.25) is 9.59 Å². The number of carbonyl (C=O) groups is 2. The first-order valence-electron chi connectivity index (χ1n) is 13.8. The lowest BCUT2D eigenvalue weighted by atomic mass is 9.95. The van der Waals surface area contributed by atoms with Crippen LogP contribution in [0.3, 0.4) is 0 Å². The molecule has 1 atom stereocenters. The molecule has 2 heterocycles. The molecule has 1 N–H and O–H groups in total. The fourth-order valence-electron chi connectivity index (χ4n) is 4.93. The molecular weight excluding hydrogens is 508 g/mol. The quantitative estimate of drug-likeness (QED) is 0.206. The van der Waals surface area contributed by atoms with Gasteiger partial charge >= 0.3 is 0 Å². The van der Waals surface area contributed by atoms with Crippen LogP contribution in [0.2, 0.25) is 0 Å². The van der Waals surface area contributed by atoms with Crippen molar-refractivity contribution in [2.45, 2.75) is 40.2 Å². The van der Waals surface area contributed by atoms with Gasteiger partial charge in [-0.1, -0.05) is 44.2 Å². The molecule has 2 aromatic carbocycles. The lowest BCUT2D eigenvalue weighted by Crippen LogP contribution is -2.34. The maximum absolute atomic E-state index is 13.5. The normalized spacial score (nSPS) is 15.3. The Morgan fingerprint density at radius 2 is 1.68 bits per heavy atom. The predicted octanol–water partition coefficient (Wildman–Crippen LogP) is 5.66. The lowest BCUT2D eigenvalue weighted by Gasteiger charge is -2.28. The summed E-state index contributed by atoms with van der Waals surface area (Å²) in [5, 5.41) is 10.9. The number of hydrogen-bond donors (Lipinski definition) is 1. The molecule has 8 nitrogen and oxygen atoms in total. The van der Waals surface area contributed by atoms with E-state index in [0.717, 1.165) is 30.9 Å². The van der Waals surface area contributed by atoms with E-state index in [4.69, 9.17) is 13.9 Å². The fourth-order valence-corrected chi connectivity index (χ4v) is 4.93. The van der Waals surface area contributed by atoms with E-state index >= 15 is 0 Å². The van der Waals surface area contributed by atoms with Gasteiger partial charge in [0.05, 0.1) is 11.6 Å². The van der Waals surface area contributed by atoms with Gasteiger partial charge in [0, 0.05) is 6.54 Å². The summed E-state index contributed by atoms with van der Waals surface area (Å²) in [7, 11) is 0. The Hall–Kier alpha value is -4.04. The Labute approximate surface area is 235 Å². The summed E-state index contributed by atoms with van der Waals surface area (Å²) in [6.07, 6.45) is 0.709. The van der Waals surface area contributed by atoms with Gasteiger partial charge in [-0.25, -0.2) is 0 Å². The van der Waals surface area contributed by atoms with Crippen molar-refractivity contribution in [2.24, 2.45) is 0 Å². The molecule has 212 valence electrons. The molecule has 1 amide bonds. The summed E-state index contributed by atoms with van der Waals surface area (Å²) in [5.74, 6) is 0.555. The number of ether oxygens (including phenoxy) is 2. The third-order valence-corrected chi connectivity index (χ3v) is 7.18. The summed E-state index contributed by atoms with van der Waals surface area (Å²) in [5.41, 5.74) is 1.80. The SMILES string of the molecule is CCN(CC)CCCN1C(=O)C(O)=C(C(=O)c2ccc(C)o2)[C@H]1c1ccc(OCCOc2ccccc2C)cc1. The van der Waals surface area contributed by atoms with E-state index in [1.807, 2.05) is 43.3 Å². The highest BCUT2D eigenvalue weighted by atomic mass is 16.5. The second-order valence-corrected chi connectivity index (χ2v) is 9.81. The first kappa shape index (κ1) is 29.0. The fraction of sp³-hybridized carbons (Fsp3) is 0.375. The van der Waals surface area contributed by atoms with Crippen molar-refractivity contribution in [3.05, 3.63) is 94.6 Å². The van der Waals surface area contributed by atoms with Crippen LogP contribution in [0.1, 0.15) is 53.8 Å². The number of aliphatic hydroxyl groups excluding tert-OH is 1. The third-order valence-electron chi connectivity index (χ3n) is 7.18. The first-order chi connectivity index (χ1) is 19.3. The van der Waals surface area contributed by atoms with Gasteiger partial charge in [0.2, 0.25) is 5.78 Å². The van der Waals surface area contributed by atoms with E-state index in [0.29, 0.717) is 43.3 Å². The maximum atomic E-state index is 13.5. The average Bonchev–Trinajstić information content (AvgIpc) is 3.51. The van der Waals surface area contributed by atoms with Gasteiger partial charge in [0.25, 0.3) is 5.91 Å². The van der Waals surface area contributed by atoms with Crippen molar-refractivity contribution in [3.63, 3.8) is 0 Å². The van der Waals surface area contributed by atoms with Crippen molar-refractivity contribution < 1.29 is 28.6 Å². The molecule has 0 fully saturated rings. The monoisotopic (exact) mass is 546 g/mol. The van der Waals surface area contributed by atoms with Crippen LogP contribution >= 0.6 is 0 Å². The molecule has 0 bridgehead atoms. The topological polar surface area (TPSA) is 92.5 Å². The second kappa shape index (κ2) is 13.3. The molecule has 1 aromatic heterocycles. The minimum atomic E-state index is -0.736. The van der Waals surface area contributed by atoms with Gasteiger partial charge in [0.1, 0.15) is 30.5 Å². The van der Waals surface area contributed by atoms with Gasteiger partial charge in [-0.05, 0) is 81.4 Å². The maximum Gasteiger partial charge on any atom is 0.290 e. The Bertz CT molecular complexity index is 1340. The molecule has 0 radical (unpaired) electrons.